The van der Waals surface area contributed by atoms with E-state index in [0.717, 1.165) is 35.5 Å². The van der Waals surface area contributed by atoms with Crippen molar-refractivity contribution in [1.29, 1.82) is 0 Å². The summed E-state index contributed by atoms with van der Waals surface area (Å²) in [6.45, 7) is 7.01. The predicted octanol–water partition coefficient (Wildman–Crippen LogP) is 1.95. The van der Waals surface area contributed by atoms with Crippen LogP contribution in [0.3, 0.4) is 0 Å². The molecule has 6 heteroatoms. The smallest absolute Gasteiger partial charge is 0.174 e. The molecule has 1 unspecified atom stereocenters. The fourth-order valence-corrected chi connectivity index (χ4v) is 3.28. The van der Waals surface area contributed by atoms with Crippen LogP contribution in [0.15, 0.2) is 4.34 Å². The number of hydrogen-bond donors (Lipinski definition) is 1. The summed E-state index contributed by atoms with van der Waals surface area (Å²) in [7, 11) is 1.73. The van der Waals surface area contributed by atoms with Crippen molar-refractivity contribution in [2.75, 3.05) is 26.8 Å². The van der Waals surface area contributed by atoms with Crippen molar-refractivity contribution in [2.45, 2.75) is 29.9 Å². The van der Waals surface area contributed by atoms with E-state index in [2.05, 4.69) is 22.4 Å². The van der Waals surface area contributed by atoms with E-state index in [1.165, 1.54) is 0 Å². The zero-order valence-electron chi connectivity index (χ0n) is 10.0. The SMILES string of the molecule is COCCCNCC(C)Sc1nnc(C)s1. The molecule has 0 amide bonds. The van der Waals surface area contributed by atoms with Gasteiger partial charge in [-0.15, -0.1) is 10.2 Å². The van der Waals surface area contributed by atoms with Crippen molar-refractivity contribution >= 4 is 23.1 Å². The van der Waals surface area contributed by atoms with Gasteiger partial charge in [-0.25, -0.2) is 0 Å². The molecule has 0 fully saturated rings. The summed E-state index contributed by atoms with van der Waals surface area (Å²) in [6, 6.07) is 0. The summed E-state index contributed by atoms with van der Waals surface area (Å²) in [4.78, 5) is 0. The maximum absolute atomic E-state index is 4.99. The van der Waals surface area contributed by atoms with Crippen molar-refractivity contribution in [3.8, 4) is 0 Å². The van der Waals surface area contributed by atoms with Gasteiger partial charge in [-0.3, -0.25) is 0 Å². The van der Waals surface area contributed by atoms with Crippen LogP contribution in [0.2, 0.25) is 0 Å². The fourth-order valence-electron chi connectivity index (χ4n) is 1.19. The number of hydrogen-bond acceptors (Lipinski definition) is 6. The van der Waals surface area contributed by atoms with Crippen LogP contribution in [0.4, 0.5) is 0 Å². The normalized spacial score (nSPS) is 12.9. The highest BCUT2D eigenvalue weighted by Gasteiger charge is 2.07. The minimum absolute atomic E-state index is 0.523. The highest BCUT2D eigenvalue weighted by Crippen LogP contribution is 2.25. The zero-order chi connectivity index (χ0) is 11.8. The van der Waals surface area contributed by atoms with Gasteiger partial charge in [0.25, 0.3) is 0 Å². The Kier molecular flexibility index (Phi) is 6.95. The van der Waals surface area contributed by atoms with Gasteiger partial charge in [-0.05, 0) is 19.9 Å². The van der Waals surface area contributed by atoms with Gasteiger partial charge in [0.15, 0.2) is 4.34 Å². The molecule has 0 aliphatic heterocycles. The third-order valence-electron chi connectivity index (χ3n) is 1.94. The highest BCUT2D eigenvalue weighted by molar-refractivity contribution is 8.01. The Morgan fingerprint density at radius 2 is 2.31 bits per heavy atom. The van der Waals surface area contributed by atoms with Crippen molar-refractivity contribution in [3.63, 3.8) is 0 Å². The van der Waals surface area contributed by atoms with Crippen LogP contribution in [0.1, 0.15) is 18.4 Å². The van der Waals surface area contributed by atoms with Gasteiger partial charge in [-0.2, -0.15) is 0 Å². The number of ether oxygens (including phenoxy) is 1. The van der Waals surface area contributed by atoms with Crippen LogP contribution in [0.25, 0.3) is 0 Å². The molecule has 1 heterocycles. The van der Waals surface area contributed by atoms with Gasteiger partial charge in [0, 0.05) is 25.5 Å². The summed E-state index contributed by atoms with van der Waals surface area (Å²) in [5.74, 6) is 0. The standard InChI is InChI=1S/C10H19N3OS2/c1-8(7-11-5-4-6-14-3)15-10-13-12-9(2)16-10/h8,11H,4-7H2,1-3H3. The largest absolute Gasteiger partial charge is 0.385 e. The maximum Gasteiger partial charge on any atom is 0.174 e. The Bertz CT molecular complexity index is 293. The number of aromatic nitrogens is 2. The molecule has 92 valence electrons. The molecule has 0 aliphatic rings. The van der Waals surface area contributed by atoms with E-state index in [1.54, 1.807) is 30.2 Å². The van der Waals surface area contributed by atoms with E-state index < -0.39 is 0 Å². The van der Waals surface area contributed by atoms with Gasteiger partial charge in [0.05, 0.1) is 0 Å². The monoisotopic (exact) mass is 261 g/mol. The average Bonchev–Trinajstić information content (AvgIpc) is 2.63. The molecule has 0 aromatic carbocycles. The minimum Gasteiger partial charge on any atom is -0.385 e. The van der Waals surface area contributed by atoms with Crippen LogP contribution in [-0.2, 0) is 4.74 Å². The van der Waals surface area contributed by atoms with E-state index in [-0.39, 0.29) is 0 Å². The molecule has 1 rings (SSSR count). The van der Waals surface area contributed by atoms with E-state index in [9.17, 15) is 0 Å². The highest BCUT2D eigenvalue weighted by atomic mass is 32.2. The molecule has 1 atom stereocenters. The molecule has 1 aromatic heterocycles. The van der Waals surface area contributed by atoms with Gasteiger partial charge in [0.1, 0.15) is 5.01 Å². The lowest BCUT2D eigenvalue weighted by atomic mass is 10.4. The van der Waals surface area contributed by atoms with Crippen LogP contribution in [0.5, 0.6) is 0 Å². The van der Waals surface area contributed by atoms with Crippen molar-refractivity contribution < 1.29 is 4.74 Å². The first-order valence-electron chi connectivity index (χ1n) is 5.38. The molecule has 0 spiro atoms. The summed E-state index contributed by atoms with van der Waals surface area (Å²) in [5.41, 5.74) is 0. The average molecular weight is 261 g/mol. The van der Waals surface area contributed by atoms with Gasteiger partial charge < -0.3 is 10.1 Å². The number of methoxy groups -OCH3 is 1. The summed E-state index contributed by atoms with van der Waals surface area (Å²) in [6.07, 6.45) is 1.06. The van der Waals surface area contributed by atoms with Crippen LogP contribution in [0, 0.1) is 6.92 Å². The number of nitrogens with zero attached hydrogens (tertiary/aromatic N) is 2. The van der Waals surface area contributed by atoms with Gasteiger partial charge in [-0.1, -0.05) is 30.0 Å². The molecule has 0 saturated heterocycles. The first-order valence-corrected chi connectivity index (χ1v) is 7.08. The molecular weight excluding hydrogens is 242 g/mol. The van der Waals surface area contributed by atoms with Crippen LogP contribution >= 0.6 is 23.1 Å². The summed E-state index contributed by atoms with van der Waals surface area (Å²) >= 11 is 3.44. The second kappa shape index (κ2) is 8.00. The Morgan fingerprint density at radius 1 is 1.50 bits per heavy atom. The number of thioether (sulfide) groups is 1. The number of nitrogens with one attached hydrogen (secondary N) is 1. The Balaban J connectivity index is 2.09. The van der Waals surface area contributed by atoms with Crippen LogP contribution in [-0.4, -0.2) is 42.3 Å². The van der Waals surface area contributed by atoms with Gasteiger partial charge >= 0.3 is 0 Å². The van der Waals surface area contributed by atoms with E-state index in [1.807, 2.05) is 6.92 Å². The van der Waals surface area contributed by atoms with Crippen molar-refractivity contribution in [3.05, 3.63) is 5.01 Å². The van der Waals surface area contributed by atoms with Gasteiger partial charge in [0.2, 0.25) is 0 Å². The topological polar surface area (TPSA) is 47.0 Å². The quantitative estimate of drug-likeness (QED) is 0.572. The number of rotatable bonds is 8. The Labute approximate surface area is 105 Å². The summed E-state index contributed by atoms with van der Waals surface area (Å²) < 4.78 is 6.04. The lowest BCUT2D eigenvalue weighted by molar-refractivity contribution is 0.194. The molecule has 1 N–H and O–H groups in total. The first kappa shape index (κ1) is 13.9. The van der Waals surface area contributed by atoms with E-state index >= 15 is 0 Å². The summed E-state index contributed by atoms with van der Waals surface area (Å²) in [5, 5.41) is 13.1. The first-order chi connectivity index (χ1) is 7.72. The number of aryl methyl sites for hydroxylation is 1. The molecule has 0 aliphatic carbocycles. The second-order valence-corrected chi connectivity index (χ2v) is 6.43. The fraction of sp³-hybridized carbons (Fsp3) is 0.800. The second-order valence-electron chi connectivity index (χ2n) is 3.57. The third kappa shape index (κ3) is 5.79. The molecule has 0 bridgehead atoms. The van der Waals surface area contributed by atoms with Crippen molar-refractivity contribution in [2.24, 2.45) is 0 Å². The Hall–Kier alpha value is -0.170. The zero-order valence-corrected chi connectivity index (χ0v) is 11.7. The van der Waals surface area contributed by atoms with Crippen LogP contribution < -0.4 is 5.32 Å². The third-order valence-corrected chi connectivity index (χ3v) is 3.97. The molecule has 1 aromatic rings. The molecular formula is C10H19N3OS2. The minimum atomic E-state index is 0.523. The van der Waals surface area contributed by atoms with E-state index in [0.29, 0.717) is 5.25 Å². The lowest BCUT2D eigenvalue weighted by Crippen LogP contribution is -2.24. The molecule has 0 saturated carbocycles. The predicted molar refractivity (Wildman–Crippen MR) is 69.3 cm³/mol. The lowest BCUT2D eigenvalue weighted by Gasteiger charge is -2.09. The molecule has 4 nitrogen and oxygen atoms in total. The maximum atomic E-state index is 4.99. The van der Waals surface area contributed by atoms with Crippen molar-refractivity contribution in [1.82, 2.24) is 15.5 Å². The Morgan fingerprint density at radius 3 is 2.94 bits per heavy atom. The molecule has 16 heavy (non-hydrogen) atoms. The molecule has 0 radical (unpaired) electrons. The van der Waals surface area contributed by atoms with E-state index in [4.69, 9.17) is 4.74 Å².